The first-order valence-electron chi connectivity index (χ1n) is 5.80. The van der Waals surface area contributed by atoms with Crippen LogP contribution in [0.3, 0.4) is 0 Å². The first kappa shape index (κ1) is 11.4. The van der Waals surface area contributed by atoms with E-state index in [1.165, 1.54) is 47.9 Å². The minimum absolute atomic E-state index is 0.889. The molecule has 1 atom stereocenters. The lowest BCUT2D eigenvalue weighted by Crippen LogP contribution is -2.14. The molecule has 0 amide bonds. The van der Waals surface area contributed by atoms with Crippen molar-refractivity contribution >= 4 is 22.6 Å². The topological polar surface area (TPSA) is 12.0 Å². The Morgan fingerprint density at radius 2 is 1.93 bits per heavy atom. The van der Waals surface area contributed by atoms with E-state index in [1.54, 1.807) is 0 Å². The maximum Gasteiger partial charge on any atom is 0.0130 e. The Hall–Kier alpha value is -0.0900. The van der Waals surface area contributed by atoms with E-state index in [-0.39, 0.29) is 0 Å². The Morgan fingerprint density at radius 3 is 2.73 bits per heavy atom. The van der Waals surface area contributed by atoms with E-state index >= 15 is 0 Å². The minimum Gasteiger partial charge on any atom is -0.317 e. The molecule has 2 rings (SSSR count). The van der Waals surface area contributed by atoms with Gasteiger partial charge in [-0.3, -0.25) is 0 Å². The Kier molecular flexibility index (Phi) is 4.44. The van der Waals surface area contributed by atoms with Crippen LogP contribution in [0.25, 0.3) is 0 Å². The van der Waals surface area contributed by atoms with E-state index in [9.17, 15) is 0 Å². The highest BCUT2D eigenvalue weighted by molar-refractivity contribution is 14.1. The van der Waals surface area contributed by atoms with Crippen LogP contribution in [0, 0.1) is 9.49 Å². The highest BCUT2D eigenvalue weighted by Crippen LogP contribution is 2.19. The summed E-state index contributed by atoms with van der Waals surface area (Å²) >= 11 is 2.36. The molecule has 2 heteroatoms. The zero-order chi connectivity index (χ0) is 10.5. The van der Waals surface area contributed by atoms with Gasteiger partial charge < -0.3 is 5.32 Å². The van der Waals surface area contributed by atoms with Crippen molar-refractivity contribution in [1.29, 1.82) is 0 Å². The molecule has 1 fully saturated rings. The smallest absolute Gasteiger partial charge is 0.0130 e. The van der Waals surface area contributed by atoms with Gasteiger partial charge in [-0.15, -0.1) is 0 Å². The van der Waals surface area contributed by atoms with Crippen LogP contribution in [0.4, 0.5) is 0 Å². The van der Waals surface area contributed by atoms with Crippen molar-refractivity contribution in [2.75, 3.05) is 13.1 Å². The highest BCUT2D eigenvalue weighted by Gasteiger charge is 2.12. The summed E-state index contributed by atoms with van der Waals surface area (Å²) in [5, 5.41) is 3.47. The summed E-state index contributed by atoms with van der Waals surface area (Å²) < 4.78 is 1.33. The van der Waals surface area contributed by atoms with Crippen LogP contribution in [0.2, 0.25) is 0 Å². The van der Waals surface area contributed by atoms with Gasteiger partial charge in [-0.25, -0.2) is 0 Å². The monoisotopic (exact) mass is 315 g/mol. The summed E-state index contributed by atoms with van der Waals surface area (Å²) in [7, 11) is 0. The van der Waals surface area contributed by atoms with E-state index in [2.05, 4.69) is 52.2 Å². The van der Waals surface area contributed by atoms with Crippen LogP contribution in [0.1, 0.15) is 24.8 Å². The molecule has 0 spiro atoms. The molecule has 1 nitrogen and oxygen atoms in total. The van der Waals surface area contributed by atoms with Gasteiger partial charge in [0.25, 0.3) is 0 Å². The Morgan fingerprint density at radius 1 is 1.13 bits per heavy atom. The maximum atomic E-state index is 3.47. The second kappa shape index (κ2) is 5.85. The van der Waals surface area contributed by atoms with Crippen molar-refractivity contribution < 1.29 is 0 Å². The van der Waals surface area contributed by atoms with Gasteiger partial charge in [-0.1, -0.05) is 12.1 Å². The average molecular weight is 315 g/mol. The molecule has 0 saturated carbocycles. The molecular weight excluding hydrogens is 297 g/mol. The molecule has 0 bridgehead atoms. The summed E-state index contributed by atoms with van der Waals surface area (Å²) in [4.78, 5) is 0. The van der Waals surface area contributed by atoms with Crippen LogP contribution < -0.4 is 5.32 Å². The van der Waals surface area contributed by atoms with Crippen molar-refractivity contribution in [3.63, 3.8) is 0 Å². The molecule has 15 heavy (non-hydrogen) atoms. The predicted octanol–water partition coefficient (Wildman–Crippen LogP) is 3.22. The van der Waals surface area contributed by atoms with E-state index in [0.717, 1.165) is 5.92 Å². The SMILES string of the molecule is Ic1ccc(CC2CCCNCC2)cc1. The average Bonchev–Trinajstić information content (AvgIpc) is 2.50. The quantitative estimate of drug-likeness (QED) is 0.826. The van der Waals surface area contributed by atoms with Crippen molar-refractivity contribution in [2.24, 2.45) is 5.92 Å². The van der Waals surface area contributed by atoms with Crippen molar-refractivity contribution in [3.05, 3.63) is 33.4 Å². The molecule has 82 valence electrons. The molecule has 1 aliphatic rings. The predicted molar refractivity (Wildman–Crippen MR) is 73.1 cm³/mol. The van der Waals surface area contributed by atoms with Gasteiger partial charge in [0.1, 0.15) is 0 Å². The van der Waals surface area contributed by atoms with E-state index in [0.29, 0.717) is 0 Å². The van der Waals surface area contributed by atoms with Gasteiger partial charge >= 0.3 is 0 Å². The van der Waals surface area contributed by atoms with Gasteiger partial charge in [-0.05, 0) is 85.0 Å². The minimum atomic E-state index is 0.889. The van der Waals surface area contributed by atoms with Gasteiger partial charge in [0.2, 0.25) is 0 Å². The molecular formula is C13H18IN. The lowest BCUT2D eigenvalue weighted by atomic mass is 9.93. The molecule has 0 aliphatic carbocycles. The van der Waals surface area contributed by atoms with Crippen molar-refractivity contribution in [1.82, 2.24) is 5.32 Å². The number of halogens is 1. The zero-order valence-electron chi connectivity index (χ0n) is 9.01. The molecule has 1 unspecified atom stereocenters. The molecule has 1 saturated heterocycles. The summed E-state index contributed by atoms with van der Waals surface area (Å²) in [6.45, 7) is 2.41. The highest BCUT2D eigenvalue weighted by atomic mass is 127. The number of nitrogens with one attached hydrogen (secondary N) is 1. The van der Waals surface area contributed by atoms with Crippen LogP contribution >= 0.6 is 22.6 Å². The molecule has 1 aliphatic heterocycles. The fourth-order valence-corrected chi connectivity index (χ4v) is 2.61. The van der Waals surface area contributed by atoms with Gasteiger partial charge in [-0.2, -0.15) is 0 Å². The lowest BCUT2D eigenvalue weighted by Gasteiger charge is -2.13. The Bertz CT molecular complexity index is 286. The summed E-state index contributed by atoms with van der Waals surface area (Å²) in [6, 6.07) is 8.98. The fourth-order valence-electron chi connectivity index (χ4n) is 2.25. The maximum absolute atomic E-state index is 3.47. The third kappa shape index (κ3) is 3.76. The van der Waals surface area contributed by atoms with Crippen LogP contribution in [-0.2, 0) is 6.42 Å². The van der Waals surface area contributed by atoms with Crippen LogP contribution in [-0.4, -0.2) is 13.1 Å². The Labute approximate surface area is 106 Å². The van der Waals surface area contributed by atoms with Crippen LogP contribution in [0.5, 0.6) is 0 Å². The van der Waals surface area contributed by atoms with E-state index in [1.807, 2.05) is 0 Å². The molecule has 1 aromatic carbocycles. The second-order valence-electron chi connectivity index (χ2n) is 4.38. The van der Waals surface area contributed by atoms with E-state index < -0.39 is 0 Å². The van der Waals surface area contributed by atoms with Crippen molar-refractivity contribution in [2.45, 2.75) is 25.7 Å². The zero-order valence-corrected chi connectivity index (χ0v) is 11.2. The third-order valence-corrected chi connectivity index (χ3v) is 3.85. The Balaban J connectivity index is 1.92. The molecule has 1 N–H and O–H groups in total. The molecule has 1 heterocycles. The summed E-state index contributed by atoms with van der Waals surface area (Å²) in [5.74, 6) is 0.889. The first-order valence-corrected chi connectivity index (χ1v) is 6.87. The van der Waals surface area contributed by atoms with Crippen LogP contribution in [0.15, 0.2) is 24.3 Å². The lowest BCUT2D eigenvalue weighted by molar-refractivity contribution is 0.470. The van der Waals surface area contributed by atoms with Gasteiger partial charge in [0.15, 0.2) is 0 Å². The standard InChI is InChI=1S/C13H18IN/c14-13-5-3-12(4-6-13)10-11-2-1-8-15-9-7-11/h3-6,11,15H,1-2,7-10H2. The summed E-state index contributed by atoms with van der Waals surface area (Å²) in [5.41, 5.74) is 1.50. The van der Waals surface area contributed by atoms with E-state index in [4.69, 9.17) is 0 Å². The first-order chi connectivity index (χ1) is 7.34. The molecule has 0 radical (unpaired) electrons. The normalized spacial score (nSPS) is 22.3. The fraction of sp³-hybridized carbons (Fsp3) is 0.538. The second-order valence-corrected chi connectivity index (χ2v) is 5.62. The number of hydrogen-bond donors (Lipinski definition) is 1. The number of hydrogen-bond acceptors (Lipinski definition) is 1. The van der Waals surface area contributed by atoms with Crippen molar-refractivity contribution in [3.8, 4) is 0 Å². The summed E-state index contributed by atoms with van der Waals surface area (Å²) in [6.07, 6.45) is 5.33. The number of benzene rings is 1. The largest absolute Gasteiger partial charge is 0.317 e. The van der Waals surface area contributed by atoms with Gasteiger partial charge in [0, 0.05) is 3.57 Å². The molecule has 1 aromatic rings. The third-order valence-electron chi connectivity index (χ3n) is 3.13. The number of rotatable bonds is 2. The molecule has 0 aromatic heterocycles. The van der Waals surface area contributed by atoms with Gasteiger partial charge in [0.05, 0.1) is 0 Å².